The summed E-state index contributed by atoms with van der Waals surface area (Å²) in [4.78, 5) is 21.7. The predicted octanol–water partition coefficient (Wildman–Crippen LogP) is 3.81. The van der Waals surface area contributed by atoms with Gasteiger partial charge in [-0.25, -0.2) is 0 Å². The molecule has 0 radical (unpaired) electrons. The zero-order valence-corrected chi connectivity index (χ0v) is 21.0. The van der Waals surface area contributed by atoms with E-state index in [-0.39, 0.29) is 5.56 Å². The van der Waals surface area contributed by atoms with Gasteiger partial charge in [0, 0.05) is 41.0 Å². The van der Waals surface area contributed by atoms with Crippen molar-refractivity contribution in [1.29, 1.82) is 0 Å². The summed E-state index contributed by atoms with van der Waals surface area (Å²) in [6.07, 6.45) is 1.02. The van der Waals surface area contributed by atoms with Crippen molar-refractivity contribution in [3.63, 3.8) is 0 Å². The van der Waals surface area contributed by atoms with Crippen molar-refractivity contribution in [2.45, 2.75) is 33.4 Å². The smallest absolute Gasteiger partial charge is 0.253 e. The molecule has 0 aliphatic carbocycles. The Balaban J connectivity index is 1.45. The van der Waals surface area contributed by atoms with Gasteiger partial charge in [0.1, 0.15) is 0 Å². The maximum absolute atomic E-state index is 12.9. The van der Waals surface area contributed by atoms with E-state index in [1.54, 1.807) is 11.3 Å². The number of thiocarbonyl (C=S) groups is 1. The van der Waals surface area contributed by atoms with Crippen LogP contribution < -0.4 is 10.9 Å². The molecule has 1 aliphatic heterocycles. The lowest BCUT2D eigenvalue weighted by atomic mass is 10.0. The highest BCUT2D eigenvalue weighted by molar-refractivity contribution is 7.80. The molecule has 176 valence electrons. The molecule has 3 aromatic rings. The summed E-state index contributed by atoms with van der Waals surface area (Å²) in [5, 5.41) is 7.26. The minimum Gasteiger partial charge on any atom is -0.379 e. The largest absolute Gasteiger partial charge is 0.379 e. The van der Waals surface area contributed by atoms with Crippen molar-refractivity contribution in [3.8, 4) is 0 Å². The van der Waals surface area contributed by atoms with E-state index >= 15 is 0 Å². The fraction of sp³-hybridized carbons (Fsp3) is 0.440. The molecule has 8 heteroatoms. The van der Waals surface area contributed by atoms with Gasteiger partial charge in [0.25, 0.3) is 5.56 Å². The number of aryl methyl sites for hydroxylation is 2. The highest BCUT2D eigenvalue weighted by Crippen LogP contribution is 2.20. The van der Waals surface area contributed by atoms with Gasteiger partial charge >= 0.3 is 0 Å². The van der Waals surface area contributed by atoms with E-state index in [1.807, 2.05) is 25.1 Å². The Bertz CT molecular complexity index is 1140. The molecule has 1 saturated heterocycles. The molecule has 4 rings (SSSR count). The van der Waals surface area contributed by atoms with Crippen molar-refractivity contribution in [2.24, 2.45) is 0 Å². The van der Waals surface area contributed by atoms with Crippen molar-refractivity contribution in [2.75, 3.05) is 39.4 Å². The Morgan fingerprint density at radius 2 is 2.06 bits per heavy atom. The van der Waals surface area contributed by atoms with Crippen LogP contribution in [0.5, 0.6) is 0 Å². The molecule has 0 unspecified atom stereocenters. The van der Waals surface area contributed by atoms with Gasteiger partial charge in [-0.3, -0.25) is 9.69 Å². The first-order valence-corrected chi connectivity index (χ1v) is 12.8. The van der Waals surface area contributed by atoms with Crippen LogP contribution in [0.1, 0.15) is 28.0 Å². The number of rotatable bonds is 8. The molecule has 1 aliphatic rings. The first kappa shape index (κ1) is 23.9. The Morgan fingerprint density at radius 1 is 1.24 bits per heavy atom. The highest BCUT2D eigenvalue weighted by atomic mass is 32.1. The average Bonchev–Trinajstić information content (AvgIpc) is 3.31. The molecule has 2 aromatic heterocycles. The van der Waals surface area contributed by atoms with Gasteiger partial charge < -0.3 is 19.9 Å². The molecule has 0 amide bonds. The standard InChI is InChI=1S/C25H32N4O2S2/c1-18-13-19(2)22-15-20(24(30)27-23(22)14-18)16-29(17-21-5-3-12-33-21)25(32)26-6-4-7-28-8-10-31-11-9-28/h3,5,12-15H,4,6-11,16-17H2,1-2H3,(H,26,32)(H,27,30). The molecule has 3 heterocycles. The van der Waals surface area contributed by atoms with Crippen LogP contribution in [0.15, 0.2) is 40.5 Å². The second-order valence-corrected chi connectivity index (χ2v) is 10.1. The van der Waals surface area contributed by atoms with Crippen LogP contribution in [0.3, 0.4) is 0 Å². The van der Waals surface area contributed by atoms with Crippen LogP contribution in [0.25, 0.3) is 10.9 Å². The lowest BCUT2D eigenvalue weighted by molar-refractivity contribution is 0.0376. The Morgan fingerprint density at radius 3 is 2.82 bits per heavy atom. The van der Waals surface area contributed by atoms with Crippen LogP contribution in [-0.2, 0) is 17.8 Å². The van der Waals surface area contributed by atoms with E-state index in [4.69, 9.17) is 17.0 Å². The van der Waals surface area contributed by atoms with E-state index in [2.05, 4.69) is 44.5 Å². The van der Waals surface area contributed by atoms with Gasteiger partial charge in [-0.1, -0.05) is 12.1 Å². The van der Waals surface area contributed by atoms with Crippen LogP contribution in [0, 0.1) is 13.8 Å². The topological polar surface area (TPSA) is 60.6 Å². The summed E-state index contributed by atoms with van der Waals surface area (Å²) in [7, 11) is 0. The molecule has 0 spiro atoms. The van der Waals surface area contributed by atoms with E-state index in [0.717, 1.165) is 73.4 Å². The van der Waals surface area contributed by atoms with Gasteiger partial charge in [0.15, 0.2) is 5.11 Å². The summed E-state index contributed by atoms with van der Waals surface area (Å²) in [5.41, 5.74) is 3.86. The summed E-state index contributed by atoms with van der Waals surface area (Å²) in [6, 6.07) is 10.3. The molecule has 0 atom stereocenters. The SMILES string of the molecule is Cc1cc(C)c2cc(CN(Cc3cccs3)C(=S)NCCCN3CCOCC3)c(=O)[nH]c2c1. The van der Waals surface area contributed by atoms with E-state index < -0.39 is 0 Å². The summed E-state index contributed by atoms with van der Waals surface area (Å²) < 4.78 is 5.42. The zero-order chi connectivity index (χ0) is 23.2. The molecule has 0 saturated carbocycles. The predicted molar refractivity (Wildman–Crippen MR) is 140 cm³/mol. The third-order valence-electron chi connectivity index (χ3n) is 6.00. The second kappa shape index (κ2) is 11.2. The Kier molecular flexibility index (Phi) is 8.14. The number of aromatic nitrogens is 1. The summed E-state index contributed by atoms with van der Waals surface area (Å²) >= 11 is 7.48. The number of thiophene rings is 1. The molecular formula is C25H32N4O2S2. The van der Waals surface area contributed by atoms with E-state index in [1.165, 1.54) is 4.88 Å². The molecule has 0 bridgehead atoms. The van der Waals surface area contributed by atoms with Gasteiger partial charge in [0.05, 0.1) is 26.3 Å². The number of morpholine rings is 1. The number of hydrogen-bond donors (Lipinski definition) is 2. The van der Waals surface area contributed by atoms with Crippen molar-refractivity contribution in [3.05, 3.63) is 67.6 Å². The molecule has 33 heavy (non-hydrogen) atoms. The monoisotopic (exact) mass is 484 g/mol. The number of fused-ring (bicyclic) bond motifs is 1. The van der Waals surface area contributed by atoms with Crippen molar-refractivity contribution >= 4 is 39.6 Å². The number of ether oxygens (including phenoxy) is 1. The van der Waals surface area contributed by atoms with Gasteiger partial charge in [-0.2, -0.15) is 0 Å². The van der Waals surface area contributed by atoms with Gasteiger partial charge in [0.2, 0.25) is 0 Å². The van der Waals surface area contributed by atoms with Crippen LogP contribution >= 0.6 is 23.6 Å². The number of hydrogen-bond acceptors (Lipinski definition) is 5. The number of H-pyrrole nitrogens is 1. The third-order valence-corrected chi connectivity index (χ3v) is 7.26. The number of benzene rings is 1. The van der Waals surface area contributed by atoms with Crippen LogP contribution in [0.4, 0.5) is 0 Å². The zero-order valence-electron chi connectivity index (χ0n) is 19.4. The van der Waals surface area contributed by atoms with Gasteiger partial charge in [-0.15, -0.1) is 11.3 Å². The maximum atomic E-state index is 12.9. The highest BCUT2D eigenvalue weighted by Gasteiger charge is 2.16. The first-order valence-electron chi connectivity index (χ1n) is 11.5. The number of nitrogens with one attached hydrogen (secondary N) is 2. The fourth-order valence-corrected chi connectivity index (χ4v) is 5.21. The minimum absolute atomic E-state index is 0.0567. The second-order valence-electron chi connectivity index (χ2n) is 8.64. The number of nitrogens with zero attached hydrogens (tertiary/aromatic N) is 2. The van der Waals surface area contributed by atoms with E-state index in [9.17, 15) is 4.79 Å². The molecule has 1 fully saturated rings. The van der Waals surface area contributed by atoms with Crippen molar-refractivity contribution in [1.82, 2.24) is 20.1 Å². The maximum Gasteiger partial charge on any atom is 0.253 e. The number of pyridine rings is 1. The minimum atomic E-state index is -0.0567. The summed E-state index contributed by atoms with van der Waals surface area (Å²) in [6.45, 7) is 10.8. The lowest BCUT2D eigenvalue weighted by Gasteiger charge is -2.28. The molecule has 6 nitrogen and oxygen atoms in total. The fourth-order valence-electron chi connectivity index (χ4n) is 4.26. The quantitative estimate of drug-likeness (QED) is 0.375. The Hall–Kier alpha value is -2.26. The van der Waals surface area contributed by atoms with Crippen LogP contribution in [0.2, 0.25) is 0 Å². The number of aromatic amines is 1. The summed E-state index contributed by atoms with van der Waals surface area (Å²) in [5.74, 6) is 0. The molecule has 1 aromatic carbocycles. The first-order chi connectivity index (χ1) is 16.0. The van der Waals surface area contributed by atoms with Gasteiger partial charge in [-0.05, 0) is 73.7 Å². The molecular weight excluding hydrogens is 452 g/mol. The molecule has 2 N–H and O–H groups in total. The van der Waals surface area contributed by atoms with Crippen molar-refractivity contribution < 1.29 is 4.74 Å². The third kappa shape index (κ3) is 6.41. The normalized spacial score (nSPS) is 14.5. The van der Waals surface area contributed by atoms with E-state index in [0.29, 0.717) is 18.2 Å². The Labute approximate surface area is 204 Å². The van der Waals surface area contributed by atoms with Crippen LogP contribution in [-0.4, -0.2) is 59.3 Å². The lowest BCUT2D eigenvalue weighted by Crippen LogP contribution is -2.41. The average molecular weight is 485 g/mol.